The monoisotopic (exact) mass is 242 g/mol. The number of thiazole rings is 1. The Kier molecular flexibility index (Phi) is 3.78. The van der Waals surface area contributed by atoms with Crippen LogP contribution < -0.4 is 17.2 Å². The van der Waals surface area contributed by atoms with Gasteiger partial charge in [0.1, 0.15) is 5.69 Å². The first-order valence-electron chi connectivity index (χ1n) is 3.96. The highest BCUT2D eigenvalue weighted by Gasteiger charge is 2.15. The van der Waals surface area contributed by atoms with Crippen LogP contribution in [0.3, 0.4) is 0 Å². The van der Waals surface area contributed by atoms with E-state index < -0.39 is 18.4 Å². The maximum Gasteiger partial charge on any atom is 0.294 e. The number of aromatic nitrogens is 1. The van der Waals surface area contributed by atoms with Crippen LogP contribution in [-0.2, 0) is 14.4 Å². The summed E-state index contributed by atoms with van der Waals surface area (Å²) in [6, 6.07) is 0. The van der Waals surface area contributed by atoms with E-state index >= 15 is 0 Å². The molecule has 1 aromatic rings. The summed E-state index contributed by atoms with van der Waals surface area (Å²) in [6.45, 7) is -0.476. The number of amides is 2. The number of oxime groups is 1. The van der Waals surface area contributed by atoms with Crippen LogP contribution >= 0.6 is 11.3 Å². The molecule has 1 aromatic heterocycles. The van der Waals surface area contributed by atoms with Crippen LogP contribution in [0, 0.1) is 0 Å². The quantitative estimate of drug-likeness (QED) is 0.489. The van der Waals surface area contributed by atoms with Gasteiger partial charge in [-0.15, -0.1) is 11.3 Å². The van der Waals surface area contributed by atoms with E-state index in [1.165, 1.54) is 5.38 Å². The van der Waals surface area contributed by atoms with Gasteiger partial charge in [0.05, 0.1) is 0 Å². The predicted octanol–water partition coefficient (Wildman–Crippen LogP) is -1.26. The van der Waals surface area contributed by atoms with Crippen LogP contribution in [0.25, 0.3) is 0 Å². The minimum Gasteiger partial charge on any atom is -0.385 e. The van der Waals surface area contributed by atoms with E-state index in [1.807, 2.05) is 0 Å². The van der Waals surface area contributed by atoms with Crippen molar-refractivity contribution in [3.63, 3.8) is 0 Å². The molecule has 16 heavy (non-hydrogen) atoms. The number of nitrogens with two attached hydrogens (primary N) is 2. The van der Waals surface area contributed by atoms with Gasteiger partial charge in [0.2, 0.25) is 0 Å². The van der Waals surface area contributed by atoms with Gasteiger partial charge in [0, 0.05) is 5.38 Å². The zero-order valence-corrected chi connectivity index (χ0v) is 8.78. The molecule has 0 aliphatic carbocycles. The van der Waals surface area contributed by atoms with Crippen molar-refractivity contribution < 1.29 is 14.4 Å². The maximum atomic E-state index is 10.9. The summed E-state index contributed by atoms with van der Waals surface area (Å²) in [4.78, 5) is 29.5. The fourth-order valence-corrected chi connectivity index (χ4v) is 1.31. The summed E-state index contributed by atoms with van der Waals surface area (Å²) in [5.74, 6) is -1.83. The highest BCUT2D eigenvalue weighted by Crippen LogP contribution is 2.12. The number of nitrogen functional groups attached to an aromatic ring is 1. The van der Waals surface area contributed by atoms with E-state index in [0.29, 0.717) is 0 Å². The number of rotatable bonds is 5. The van der Waals surface area contributed by atoms with Gasteiger partial charge >= 0.3 is 0 Å². The Bertz CT molecular complexity index is 441. The Labute approximate surface area is 94.1 Å². The lowest BCUT2D eigenvalue weighted by Crippen LogP contribution is -2.20. The second-order valence-electron chi connectivity index (χ2n) is 2.58. The molecule has 0 bridgehead atoms. The van der Waals surface area contributed by atoms with Crippen molar-refractivity contribution in [2.24, 2.45) is 10.9 Å². The van der Waals surface area contributed by atoms with E-state index in [2.05, 4.69) is 15.0 Å². The average Bonchev–Trinajstić information content (AvgIpc) is 2.58. The highest BCUT2D eigenvalue weighted by atomic mass is 32.1. The first-order valence-corrected chi connectivity index (χ1v) is 4.84. The van der Waals surface area contributed by atoms with Crippen molar-refractivity contribution in [1.29, 1.82) is 0 Å². The summed E-state index contributed by atoms with van der Waals surface area (Å²) >= 11 is 1.09. The van der Waals surface area contributed by atoms with Crippen LogP contribution in [-0.4, -0.2) is 29.1 Å². The second-order valence-corrected chi connectivity index (χ2v) is 3.47. The molecule has 0 spiro atoms. The molecule has 5 N–H and O–H groups in total. The molecule has 2 amide bonds. The van der Waals surface area contributed by atoms with Crippen molar-refractivity contribution >= 4 is 34.0 Å². The van der Waals surface area contributed by atoms with Crippen molar-refractivity contribution in [2.45, 2.75) is 0 Å². The number of nitrogens with one attached hydrogen (secondary N) is 1. The number of carbonyl (C=O) groups is 2. The number of primary amides is 1. The maximum absolute atomic E-state index is 10.9. The van der Waals surface area contributed by atoms with Crippen molar-refractivity contribution in [3.05, 3.63) is 11.1 Å². The van der Waals surface area contributed by atoms with Crippen molar-refractivity contribution in [3.8, 4) is 0 Å². The molecule has 0 saturated carbocycles. The topological polar surface area (TPSA) is 144 Å². The van der Waals surface area contributed by atoms with Crippen LogP contribution in [0.15, 0.2) is 10.5 Å². The summed E-state index contributed by atoms with van der Waals surface area (Å²) < 4.78 is 0. The van der Waals surface area contributed by atoms with Crippen molar-refractivity contribution in [1.82, 2.24) is 10.7 Å². The Morgan fingerprint density at radius 3 is 2.75 bits per heavy atom. The smallest absolute Gasteiger partial charge is 0.294 e. The Hall–Kier alpha value is -2.16. The zero-order valence-electron chi connectivity index (χ0n) is 7.97. The number of nitrogens with zero attached hydrogens (tertiary/aromatic N) is 2. The van der Waals surface area contributed by atoms with E-state index in [1.54, 1.807) is 0 Å². The molecule has 85 valence electrons. The molecule has 1 heterocycles. The molecule has 0 aromatic carbocycles. The molecule has 0 unspecified atom stereocenters. The Balaban J connectivity index is 2.83. The fourth-order valence-electron chi connectivity index (χ4n) is 0.761. The summed E-state index contributed by atoms with van der Waals surface area (Å²) in [6.07, 6.45) is 0. The molecule has 0 aliphatic heterocycles. The molecule has 1 radical (unpaired) electrons. The van der Waals surface area contributed by atoms with Crippen LogP contribution in [0.1, 0.15) is 5.69 Å². The number of hydrogen-bond acceptors (Lipinski definition) is 7. The molecule has 9 heteroatoms. The van der Waals surface area contributed by atoms with Crippen LogP contribution in [0.2, 0.25) is 0 Å². The number of hydrogen-bond donors (Lipinski definition) is 2. The lowest BCUT2D eigenvalue weighted by molar-refractivity contribution is -0.122. The standard InChI is InChI=1S/C7H8N5O3S/c8-4(13)1-15-12-5(6(9)14)3-2-16-7(10)11-3/h2,9H,1H2,(H2,8,13)(H2,10,11)/b12-5+. The van der Waals surface area contributed by atoms with Gasteiger partial charge in [0.15, 0.2) is 17.5 Å². The van der Waals surface area contributed by atoms with Gasteiger partial charge in [-0.3, -0.25) is 15.3 Å². The molecular weight excluding hydrogens is 234 g/mol. The fraction of sp³-hybridized carbons (Fsp3) is 0.143. The van der Waals surface area contributed by atoms with Crippen molar-refractivity contribution in [2.75, 3.05) is 12.3 Å². The van der Waals surface area contributed by atoms with E-state index in [4.69, 9.17) is 17.2 Å². The molecule has 0 saturated heterocycles. The third-order valence-corrected chi connectivity index (χ3v) is 2.02. The summed E-state index contributed by atoms with van der Waals surface area (Å²) in [5, 5.41) is 5.00. The lowest BCUT2D eigenvalue weighted by Gasteiger charge is -1.98. The van der Waals surface area contributed by atoms with Gasteiger partial charge in [0.25, 0.3) is 11.8 Å². The molecule has 0 fully saturated rings. The first-order chi connectivity index (χ1) is 7.50. The van der Waals surface area contributed by atoms with Gasteiger partial charge in [-0.2, -0.15) is 0 Å². The second kappa shape index (κ2) is 5.07. The van der Waals surface area contributed by atoms with Gasteiger partial charge in [-0.05, 0) is 0 Å². The third-order valence-electron chi connectivity index (χ3n) is 1.34. The largest absolute Gasteiger partial charge is 0.385 e. The Morgan fingerprint density at radius 2 is 2.31 bits per heavy atom. The molecule has 8 nitrogen and oxygen atoms in total. The van der Waals surface area contributed by atoms with Gasteiger partial charge < -0.3 is 16.3 Å². The number of carbonyl (C=O) groups excluding carboxylic acids is 2. The zero-order chi connectivity index (χ0) is 12.1. The van der Waals surface area contributed by atoms with Gasteiger partial charge in [-0.1, -0.05) is 5.16 Å². The van der Waals surface area contributed by atoms with E-state index in [0.717, 1.165) is 11.3 Å². The summed E-state index contributed by atoms with van der Waals surface area (Å²) in [5.41, 5.74) is 16.9. The minimum absolute atomic E-state index is 0.131. The van der Waals surface area contributed by atoms with E-state index in [-0.39, 0.29) is 16.5 Å². The Morgan fingerprint density at radius 1 is 1.62 bits per heavy atom. The van der Waals surface area contributed by atoms with Crippen LogP contribution in [0.5, 0.6) is 0 Å². The van der Waals surface area contributed by atoms with Crippen LogP contribution in [0.4, 0.5) is 5.13 Å². The molecular formula is C7H8N5O3S. The molecule has 0 aliphatic rings. The average molecular weight is 242 g/mol. The number of anilines is 1. The molecule has 1 rings (SSSR count). The normalized spacial score (nSPS) is 11.1. The lowest BCUT2D eigenvalue weighted by atomic mass is 10.3. The SMILES string of the molecule is [NH]C(=O)/C(=N/OCC(N)=O)c1csc(N)n1. The summed E-state index contributed by atoms with van der Waals surface area (Å²) in [7, 11) is 0. The van der Waals surface area contributed by atoms with E-state index in [9.17, 15) is 9.59 Å². The predicted molar refractivity (Wildman–Crippen MR) is 56.3 cm³/mol. The minimum atomic E-state index is -1.09. The third kappa shape index (κ3) is 3.20. The first kappa shape index (κ1) is 11.9. The van der Waals surface area contributed by atoms with Gasteiger partial charge in [-0.25, -0.2) is 4.98 Å². The molecule has 0 atom stereocenters. The highest BCUT2D eigenvalue weighted by molar-refractivity contribution is 7.13.